The first-order chi connectivity index (χ1) is 19.9. The number of amides is 2. The fourth-order valence-corrected chi connectivity index (χ4v) is 6.43. The molecule has 1 heterocycles. The van der Waals surface area contributed by atoms with Crippen molar-refractivity contribution in [1.82, 2.24) is 5.32 Å². The van der Waals surface area contributed by atoms with Gasteiger partial charge in [0.15, 0.2) is 0 Å². The summed E-state index contributed by atoms with van der Waals surface area (Å²) in [4.78, 5) is 29.7. The molecule has 216 valence electrons. The molecule has 1 aliphatic heterocycles. The molecule has 7 heteroatoms. The smallest absolute Gasteiger partial charge is 0.251 e. The van der Waals surface area contributed by atoms with E-state index in [1.54, 1.807) is 0 Å². The van der Waals surface area contributed by atoms with Crippen LogP contribution in [0.15, 0.2) is 72.8 Å². The van der Waals surface area contributed by atoms with E-state index in [1.165, 1.54) is 0 Å². The van der Waals surface area contributed by atoms with E-state index in [2.05, 4.69) is 41.5 Å². The Morgan fingerprint density at radius 1 is 0.927 bits per heavy atom. The molecule has 3 atom stereocenters. The van der Waals surface area contributed by atoms with Gasteiger partial charge in [-0.3, -0.25) is 9.59 Å². The highest BCUT2D eigenvalue weighted by Crippen LogP contribution is 2.39. The number of carbonyl (C=O) groups is 2. The molecule has 0 spiro atoms. The van der Waals surface area contributed by atoms with E-state index >= 15 is 0 Å². The van der Waals surface area contributed by atoms with Crippen molar-refractivity contribution in [2.75, 3.05) is 23.4 Å². The van der Waals surface area contributed by atoms with Crippen LogP contribution in [0.3, 0.4) is 0 Å². The summed E-state index contributed by atoms with van der Waals surface area (Å²) in [5.41, 5.74) is 10.9. The Kier molecular flexibility index (Phi) is 9.37. The highest BCUT2D eigenvalue weighted by molar-refractivity contribution is 6.02. The van der Waals surface area contributed by atoms with Crippen molar-refractivity contribution in [3.8, 4) is 0 Å². The molecular weight excluding hydrogens is 512 g/mol. The first-order valence-electron chi connectivity index (χ1n) is 14.9. The second-order valence-corrected chi connectivity index (χ2v) is 11.5. The molecule has 2 aliphatic rings. The molecule has 0 aromatic heterocycles. The summed E-state index contributed by atoms with van der Waals surface area (Å²) < 4.78 is 5.78. The standard InChI is InChI=1S/C34H42N4O3/c1-23-21-41-22-24(2)38(23)31-16-15-29(33(39)36-20-26-10-8-9-25(17-26)19-35)18-30(31)37-34(40)32(28-13-6-7-14-28)27-11-4-3-5-12-27/h3-5,8-12,15-18,23-24,28,32H,6-7,13-14,19-22,35H2,1-2H3,(H,36,39)(H,37,40). The van der Waals surface area contributed by atoms with Gasteiger partial charge >= 0.3 is 0 Å². The second-order valence-electron chi connectivity index (χ2n) is 11.5. The van der Waals surface area contributed by atoms with Gasteiger partial charge in [0.25, 0.3) is 5.91 Å². The summed E-state index contributed by atoms with van der Waals surface area (Å²) in [7, 11) is 0. The van der Waals surface area contributed by atoms with Crippen LogP contribution in [-0.2, 0) is 22.6 Å². The minimum absolute atomic E-state index is 0.0194. The molecule has 7 nitrogen and oxygen atoms in total. The number of nitrogens with one attached hydrogen (secondary N) is 2. The Morgan fingerprint density at radius 3 is 2.34 bits per heavy atom. The fraction of sp³-hybridized carbons (Fsp3) is 0.412. The summed E-state index contributed by atoms with van der Waals surface area (Å²) in [6.45, 7) is 6.32. The van der Waals surface area contributed by atoms with Gasteiger partial charge in [-0.1, -0.05) is 67.4 Å². The van der Waals surface area contributed by atoms with Crippen molar-refractivity contribution >= 4 is 23.2 Å². The van der Waals surface area contributed by atoms with E-state index in [-0.39, 0.29) is 29.8 Å². The van der Waals surface area contributed by atoms with Gasteiger partial charge in [-0.05, 0) is 67.5 Å². The lowest BCUT2D eigenvalue weighted by Crippen LogP contribution is -2.50. The summed E-state index contributed by atoms with van der Waals surface area (Å²) in [5.74, 6) is -0.144. The number of rotatable bonds is 9. The first-order valence-corrected chi connectivity index (χ1v) is 14.9. The van der Waals surface area contributed by atoms with Gasteiger partial charge in [0.2, 0.25) is 5.91 Å². The van der Waals surface area contributed by atoms with Gasteiger partial charge in [-0.15, -0.1) is 0 Å². The topological polar surface area (TPSA) is 96.7 Å². The van der Waals surface area contributed by atoms with Gasteiger partial charge in [-0.25, -0.2) is 0 Å². The van der Waals surface area contributed by atoms with E-state index in [1.807, 2.05) is 60.7 Å². The number of hydrogen-bond acceptors (Lipinski definition) is 5. The summed E-state index contributed by atoms with van der Waals surface area (Å²) >= 11 is 0. The maximum absolute atomic E-state index is 14.1. The fourth-order valence-electron chi connectivity index (χ4n) is 6.43. The Balaban J connectivity index is 1.44. The largest absolute Gasteiger partial charge is 0.377 e. The van der Waals surface area contributed by atoms with Gasteiger partial charge in [0, 0.05) is 30.7 Å². The number of anilines is 2. The van der Waals surface area contributed by atoms with Crippen molar-refractivity contribution in [1.29, 1.82) is 0 Å². The van der Waals surface area contributed by atoms with Crippen LogP contribution in [0.25, 0.3) is 0 Å². The molecule has 1 saturated carbocycles. The summed E-state index contributed by atoms with van der Waals surface area (Å²) in [6.07, 6.45) is 4.40. The van der Waals surface area contributed by atoms with Crippen LogP contribution < -0.4 is 21.3 Å². The molecule has 0 radical (unpaired) electrons. The molecule has 5 rings (SSSR count). The molecule has 0 bridgehead atoms. The Bertz CT molecular complexity index is 1330. The van der Waals surface area contributed by atoms with Crippen LogP contribution in [-0.4, -0.2) is 37.1 Å². The lowest BCUT2D eigenvalue weighted by atomic mass is 9.84. The van der Waals surface area contributed by atoms with E-state index in [4.69, 9.17) is 10.5 Å². The van der Waals surface area contributed by atoms with E-state index in [0.717, 1.165) is 48.1 Å². The zero-order chi connectivity index (χ0) is 28.8. The van der Waals surface area contributed by atoms with Gasteiger partial charge in [0.1, 0.15) is 0 Å². The van der Waals surface area contributed by atoms with Gasteiger partial charge < -0.3 is 26.0 Å². The predicted octanol–water partition coefficient (Wildman–Crippen LogP) is 5.60. The average molecular weight is 555 g/mol. The SMILES string of the molecule is CC1COCC(C)N1c1ccc(C(=O)NCc2cccc(CN)c2)cc1NC(=O)C(c1ccccc1)C1CCCC1. The molecule has 3 unspecified atom stereocenters. The van der Waals surface area contributed by atoms with Crippen molar-refractivity contribution in [2.24, 2.45) is 11.7 Å². The van der Waals surface area contributed by atoms with E-state index < -0.39 is 0 Å². The zero-order valence-electron chi connectivity index (χ0n) is 24.1. The Hall–Kier alpha value is -3.68. The minimum atomic E-state index is -0.238. The molecule has 4 N–H and O–H groups in total. The lowest BCUT2D eigenvalue weighted by Gasteiger charge is -2.41. The number of carbonyl (C=O) groups excluding carboxylic acids is 2. The van der Waals surface area contributed by atoms with Gasteiger partial charge in [0.05, 0.1) is 30.5 Å². The number of hydrogen-bond donors (Lipinski definition) is 3. The molecular formula is C34H42N4O3. The Morgan fingerprint density at radius 2 is 1.63 bits per heavy atom. The number of nitrogens with zero attached hydrogens (tertiary/aromatic N) is 1. The molecule has 3 aromatic carbocycles. The number of benzene rings is 3. The van der Waals surface area contributed by atoms with Crippen LogP contribution in [0, 0.1) is 5.92 Å². The van der Waals surface area contributed by atoms with Crippen molar-refractivity contribution in [3.63, 3.8) is 0 Å². The summed E-state index contributed by atoms with van der Waals surface area (Å²) in [5, 5.41) is 6.32. The molecule has 1 saturated heterocycles. The highest BCUT2D eigenvalue weighted by Gasteiger charge is 2.34. The third kappa shape index (κ3) is 6.80. The molecule has 2 amide bonds. The predicted molar refractivity (Wildman–Crippen MR) is 164 cm³/mol. The third-order valence-corrected chi connectivity index (χ3v) is 8.46. The van der Waals surface area contributed by atoms with Crippen LogP contribution in [0.1, 0.15) is 72.5 Å². The maximum Gasteiger partial charge on any atom is 0.251 e. The van der Waals surface area contributed by atoms with Crippen LogP contribution in [0.5, 0.6) is 0 Å². The second kappa shape index (κ2) is 13.3. The number of morpholine rings is 1. The summed E-state index contributed by atoms with van der Waals surface area (Å²) in [6, 6.07) is 23.9. The van der Waals surface area contributed by atoms with Crippen molar-refractivity contribution < 1.29 is 14.3 Å². The zero-order valence-corrected chi connectivity index (χ0v) is 24.1. The molecule has 3 aromatic rings. The van der Waals surface area contributed by atoms with Crippen molar-refractivity contribution in [2.45, 2.75) is 70.6 Å². The number of nitrogens with two attached hydrogens (primary N) is 1. The maximum atomic E-state index is 14.1. The normalized spacial score (nSPS) is 20.0. The van der Waals surface area contributed by atoms with Gasteiger partial charge in [-0.2, -0.15) is 0 Å². The highest BCUT2D eigenvalue weighted by atomic mass is 16.5. The van der Waals surface area contributed by atoms with E-state index in [0.29, 0.717) is 43.5 Å². The van der Waals surface area contributed by atoms with Crippen molar-refractivity contribution in [3.05, 3.63) is 95.1 Å². The average Bonchev–Trinajstić information content (AvgIpc) is 3.51. The minimum Gasteiger partial charge on any atom is -0.377 e. The third-order valence-electron chi connectivity index (χ3n) is 8.46. The van der Waals surface area contributed by atoms with Crippen LogP contribution in [0.4, 0.5) is 11.4 Å². The first kappa shape index (κ1) is 28.8. The lowest BCUT2D eigenvalue weighted by molar-refractivity contribution is -0.118. The van der Waals surface area contributed by atoms with E-state index in [9.17, 15) is 9.59 Å². The van der Waals surface area contributed by atoms with Crippen LogP contribution in [0.2, 0.25) is 0 Å². The van der Waals surface area contributed by atoms with Crippen LogP contribution >= 0.6 is 0 Å². The quantitative estimate of drug-likeness (QED) is 0.320. The molecule has 1 aliphatic carbocycles. The number of ether oxygens (including phenoxy) is 1. The monoisotopic (exact) mass is 554 g/mol. The molecule has 2 fully saturated rings. The molecule has 41 heavy (non-hydrogen) atoms. The Labute approximate surface area is 243 Å².